The van der Waals surface area contributed by atoms with Crippen molar-refractivity contribution in [3.05, 3.63) is 95.2 Å². The van der Waals surface area contributed by atoms with Crippen molar-refractivity contribution in [2.24, 2.45) is 4.99 Å². The summed E-state index contributed by atoms with van der Waals surface area (Å²) in [6.07, 6.45) is 5.60. The van der Waals surface area contributed by atoms with E-state index < -0.39 is 0 Å². The lowest BCUT2D eigenvalue weighted by Crippen LogP contribution is -2.28. The van der Waals surface area contributed by atoms with Gasteiger partial charge in [-0.05, 0) is 77.7 Å². The third-order valence-electron chi connectivity index (χ3n) is 4.80. The van der Waals surface area contributed by atoms with Crippen LogP contribution in [0.25, 0.3) is 17.0 Å². The van der Waals surface area contributed by atoms with E-state index in [2.05, 4.69) is 21.0 Å². The molecular formula is C24H18N4OS. The summed E-state index contributed by atoms with van der Waals surface area (Å²) in [6.45, 7) is 1.98. The molecule has 0 saturated carbocycles. The Hall–Kier alpha value is -3.64. The quantitative estimate of drug-likeness (QED) is 0.442. The van der Waals surface area contributed by atoms with Crippen molar-refractivity contribution in [1.82, 2.24) is 9.97 Å². The van der Waals surface area contributed by atoms with E-state index in [-0.39, 0.29) is 5.91 Å². The predicted molar refractivity (Wildman–Crippen MR) is 124 cm³/mol. The van der Waals surface area contributed by atoms with Gasteiger partial charge in [0.05, 0.1) is 10.6 Å². The van der Waals surface area contributed by atoms with Crippen LogP contribution in [0, 0.1) is 6.92 Å². The van der Waals surface area contributed by atoms with Gasteiger partial charge in [-0.2, -0.15) is 0 Å². The summed E-state index contributed by atoms with van der Waals surface area (Å²) in [6, 6.07) is 21.5. The van der Waals surface area contributed by atoms with Crippen LogP contribution in [0.1, 0.15) is 11.1 Å². The largest absolute Gasteiger partial charge is 0.361 e. The summed E-state index contributed by atoms with van der Waals surface area (Å²) >= 11 is 1.36. The predicted octanol–water partition coefficient (Wildman–Crippen LogP) is 5.68. The Bertz CT molecular complexity index is 1290. The number of amides is 1. The Morgan fingerprint density at radius 1 is 1.07 bits per heavy atom. The van der Waals surface area contributed by atoms with Crippen LogP contribution in [0.2, 0.25) is 0 Å². The Kier molecular flexibility index (Phi) is 4.69. The Morgan fingerprint density at radius 3 is 2.73 bits per heavy atom. The van der Waals surface area contributed by atoms with E-state index in [0.717, 1.165) is 27.7 Å². The Morgan fingerprint density at radius 2 is 1.93 bits per heavy atom. The molecule has 5 rings (SSSR count). The van der Waals surface area contributed by atoms with Crippen molar-refractivity contribution < 1.29 is 4.79 Å². The molecule has 2 aromatic heterocycles. The minimum absolute atomic E-state index is 0.0915. The van der Waals surface area contributed by atoms with E-state index in [9.17, 15) is 4.79 Å². The highest BCUT2D eigenvalue weighted by molar-refractivity contribution is 8.19. The first-order chi connectivity index (χ1) is 14.7. The maximum Gasteiger partial charge on any atom is 0.271 e. The fourth-order valence-corrected chi connectivity index (χ4v) is 4.28. The number of aromatic amines is 1. The average molecular weight is 411 g/mol. The molecule has 1 saturated heterocycles. The average Bonchev–Trinajstić information content (AvgIpc) is 3.34. The minimum Gasteiger partial charge on any atom is -0.361 e. The lowest BCUT2D eigenvalue weighted by Gasteiger charge is -2.15. The normalized spacial score (nSPS) is 16.8. The van der Waals surface area contributed by atoms with Crippen molar-refractivity contribution in [2.45, 2.75) is 6.92 Å². The molecule has 146 valence electrons. The number of para-hydroxylation sites is 1. The summed E-state index contributed by atoms with van der Waals surface area (Å²) < 4.78 is 0. The van der Waals surface area contributed by atoms with E-state index in [1.54, 1.807) is 11.1 Å². The molecule has 1 aliphatic heterocycles. The third-order valence-corrected chi connectivity index (χ3v) is 5.77. The number of aliphatic imine (C=N–C) groups is 1. The minimum atomic E-state index is -0.0915. The highest BCUT2D eigenvalue weighted by Crippen LogP contribution is 2.37. The van der Waals surface area contributed by atoms with Crippen LogP contribution in [0.3, 0.4) is 0 Å². The molecule has 2 aromatic carbocycles. The van der Waals surface area contributed by atoms with Crippen LogP contribution in [-0.2, 0) is 4.79 Å². The molecule has 5 nitrogen and oxygen atoms in total. The number of carbonyl (C=O) groups is 1. The zero-order valence-electron chi connectivity index (χ0n) is 16.2. The summed E-state index contributed by atoms with van der Waals surface area (Å²) in [5.41, 5.74) is 3.89. The SMILES string of the molecule is Cc1ccc(N=C2SC(=Cc3ccc4[nH]ccc4c3)C(=O)N2c2ccccc2)nc1. The van der Waals surface area contributed by atoms with Crippen molar-refractivity contribution in [3.63, 3.8) is 0 Å². The van der Waals surface area contributed by atoms with E-state index in [1.807, 2.05) is 79.9 Å². The fourth-order valence-electron chi connectivity index (χ4n) is 3.29. The molecule has 1 aliphatic rings. The van der Waals surface area contributed by atoms with Crippen LogP contribution < -0.4 is 4.90 Å². The Balaban J connectivity index is 1.56. The summed E-state index contributed by atoms with van der Waals surface area (Å²) in [5.74, 6) is 0.484. The second-order valence-electron chi connectivity index (χ2n) is 7.00. The second-order valence-corrected chi connectivity index (χ2v) is 8.01. The molecule has 30 heavy (non-hydrogen) atoms. The molecule has 6 heteroatoms. The first-order valence-electron chi connectivity index (χ1n) is 9.55. The molecule has 0 atom stereocenters. The number of pyridine rings is 1. The van der Waals surface area contributed by atoms with Gasteiger partial charge in [-0.25, -0.2) is 9.98 Å². The van der Waals surface area contributed by atoms with Crippen LogP contribution in [-0.4, -0.2) is 21.0 Å². The maximum absolute atomic E-state index is 13.3. The number of aromatic nitrogens is 2. The molecule has 1 amide bonds. The number of nitrogens with one attached hydrogen (secondary N) is 1. The molecule has 1 fully saturated rings. The van der Waals surface area contributed by atoms with Crippen LogP contribution >= 0.6 is 11.8 Å². The first-order valence-corrected chi connectivity index (χ1v) is 10.4. The molecule has 0 radical (unpaired) electrons. The molecular weight excluding hydrogens is 392 g/mol. The fraction of sp³-hybridized carbons (Fsp3) is 0.0417. The molecule has 0 aliphatic carbocycles. The molecule has 0 unspecified atom stereocenters. The number of hydrogen-bond donors (Lipinski definition) is 1. The van der Waals surface area contributed by atoms with E-state index in [4.69, 9.17) is 0 Å². The molecule has 3 heterocycles. The van der Waals surface area contributed by atoms with Gasteiger partial charge < -0.3 is 4.98 Å². The zero-order valence-corrected chi connectivity index (χ0v) is 17.1. The van der Waals surface area contributed by atoms with Gasteiger partial charge >= 0.3 is 0 Å². The van der Waals surface area contributed by atoms with Gasteiger partial charge in [0.15, 0.2) is 11.0 Å². The number of rotatable bonds is 3. The lowest BCUT2D eigenvalue weighted by molar-refractivity contribution is -0.113. The molecule has 0 bridgehead atoms. The first kappa shape index (κ1) is 18.4. The number of thioether (sulfide) groups is 1. The number of hydrogen-bond acceptors (Lipinski definition) is 4. The topological polar surface area (TPSA) is 61.4 Å². The number of carbonyl (C=O) groups excluding carboxylic acids is 1. The maximum atomic E-state index is 13.3. The van der Waals surface area contributed by atoms with Crippen molar-refractivity contribution >= 4 is 51.3 Å². The summed E-state index contributed by atoms with van der Waals surface area (Å²) in [5, 5.41) is 1.70. The van der Waals surface area contributed by atoms with Gasteiger partial charge in [0, 0.05) is 17.9 Å². The molecule has 4 aromatic rings. The Labute approximate surface area is 178 Å². The van der Waals surface area contributed by atoms with Gasteiger partial charge in [-0.1, -0.05) is 30.3 Å². The van der Waals surface area contributed by atoms with E-state index >= 15 is 0 Å². The summed E-state index contributed by atoms with van der Waals surface area (Å²) in [7, 11) is 0. The van der Waals surface area contributed by atoms with Crippen molar-refractivity contribution in [2.75, 3.05) is 4.90 Å². The highest BCUT2D eigenvalue weighted by Gasteiger charge is 2.34. The number of nitrogens with zero attached hydrogens (tertiary/aromatic N) is 3. The standard InChI is InChI=1S/C24H18N4OS/c1-16-7-10-22(26-15-16)27-24-28(19-5-3-2-4-6-19)23(29)21(30-24)14-17-8-9-20-18(13-17)11-12-25-20/h2-15,25H,1H3. The molecule has 0 spiro atoms. The van der Waals surface area contributed by atoms with Gasteiger partial charge in [0.2, 0.25) is 0 Å². The van der Waals surface area contributed by atoms with Crippen LogP contribution in [0.5, 0.6) is 0 Å². The van der Waals surface area contributed by atoms with E-state index in [1.165, 1.54) is 11.8 Å². The number of anilines is 1. The number of H-pyrrole nitrogens is 1. The van der Waals surface area contributed by atoms with Crippen molar-refractivity contribution in [1.29, 1.82) is 0 Å². The summed E-state index contributed by atoms with van der Waals surface area (Å²) in [4.78, 5) is 27.8. The smallest absolute Gasteiger partial charge is 0.271 e. The van der Waals surface area contributed by atoms with Crippen molar-refractivity contribution in [3.8, 4) is 0 Å². The van der Waals surface area contributed by atoms with Gasteiger partial charge in [0.1, 0.15) is 0 Å². The van der Waals surface area contributed by atoms with Gasteiger partial charge in [-0.15, -0.1) is 0 Å². The van der Waals surface area contributed by atoms with Gasteiger partial charge in [0.25, 0.3) is 5.91 Å². The number of benzene rings is 2. The van der Waals surface area contributed by atoms with Crippen LogP contribution in [0.15, 0.2) is 89.0 Å². The third kappa shape index (κ3) is 3.53. The molecule has 1 N–H and O–H groups in total. The zero-order chi connectivity index (χ0) is 20.5. The monoisotopic (exact) mass is 410 g/mol. The lowest BCUT2D eigenvalue weighted by atomic mass is 10.1. The number of amidine groups is 1. The second kappa shape index (κ2) is 7.65. The van der Waals surface area contributed by atoms with Gasteiger partial charge in [-0.3, -0.25) is 9.69 Å². The number of fused-ring (bicyclic) bond motifs is 1. The highest BCUT2D eigenvalue weighted by atomic mass is 32.2. The number of aryl methyl sites for hydroxylation is 1. The van der Waals surface area contributed by atoms with Crippen LogP contribution in [0.4, 0.5) is 11.5 Å². The van der Waals surface area contributed by atoms with E-state index in [0.29, 0.717) is 15.9 Å².